The molecule has 14 nitrogen and oxygen atoms in total. The van der Waals surface area contributed by atoms with E-state index in [0.29, 0.717) is 51.7 Å². The highest BCUT2D eigenvalue weighted by molar-refractivity contribution is 6.26. The van der Waals surface area contributed by atoms with E-state index >= 15 is 0 Å². The molecule has 1 heterocycles. The van der Waals surface area contributed by atoms with Gasteiger partial charge in [0.05, 0.1) is 37.6 Å². The number of benzene rings is 4. The Morgan fingerprint density at radius 1 is 0.724 bits per heavy atom. The van der Waals surface area contributed by atoms with Crippen molar-refractivity contribution in [2.45, 2.75) is 60.1 Å². The lowest BCUT2D eigenvalue weighted by Crippen LogP contribution is -2.39. The Balaban J connectivity index is 1.33. The van der Waals surface area contributed by atoms with Gasteiger partial charge in [0.2, 0.25) is 0 Å². The van der Waals surface area contributed by atoms with Crippen LogP contribution < -0.4 is 15.0 Å². The molecule has 1 aliphatic rings. The van der Waals surface area contributed by atoms with Crippen molar-refractivity contribution in [3.63, 3.8) is 0 Å². The molecule has 0 spiro atoms. The first-order valence-electron chi connectivity index (χ1n) is 19.2. The summed E-state index contributed by atoms with van der Waals surface area (Å²) in [6.07, 6.45) is 0.479. The molecule has 0 aliphatic carbocycles. The summed E-state index contributed by atoms with van der Waals surface area (Å²) in [5, 5.41) is 4.70. The average Bonchev–Trinajstić information content (AvgIpc) is 3.17. The average molecular weight is 796 g/mol. The van der Waals surface area contributed by atoms with E-state index in [9.17, 15) is 28.8 Å². The summed E-state index contributed by atoms with van der Waals surface area (Å²) < 4.78 is 26.6. The van der Waals surface area contributed by atoms with Gasteiger partial charge in [0.15, 0.2) is 6.61 Å². The van der Waals surface area contributed by atoms with Gasteiger partial charge < -0.3 is 33.9 Å². The molecule has 14 heteroatoms. The first-order valence-corrected chi connectivity index (χ1v) is 19.2. The van der Waals surface area contributed by atoms with Crippen LogP contribution in [0.15, 0.2) is 72.8 Å². The van der Waals surface area contributed by atoms with E-state index in [0.717, 1.165) is 11.3 Å². The van der Waals surface area contributed by atoms with Gasteiger partial charge in [-0.15, -0.1) is 0 Å². The summed E-state index contributed by atoms with van der Waals surface area (Å²) in [6, 6.07) is 20.8. The predicted octanol–water partition coefficient (Wildman–Crippen LogP) is 6.12. The molecule has 0 bridgehead atoms. The third-order valence-corrected chi connectivity index (χ3v) is 8.92. The number of amides is 2. The molecule has 4 aromatic carbocycles. The Bertz CT molecular complexity index is 2130. The largest absolute Gasteiger partial charge is 0.480 e. The van der Waals surface area contributed by atoms with E-state index in [1.54, 1.807) is 96.1 Å². The zero-order valence-electron chi connectivity index (χ0n) is 33.7. The third kappa shape index (κ3) is 10.7. The number of imide groups is 1. The minimum atomic E-state index is -0.642. The number of anilines is 2. The van der Waals surface area contributed by atoms with Crippen LogP contribution in [-0.2, 0) is 46.3 Å². The van der Waals surface area contributed by atoms with Crippen LogP contribution >= 0.6 is 0 Å². The molecular weight excluding hydrogens is 746 g/mol. The van der Waals surface area contributed by atoms with Crippen LogP contribution in [-0.4, -0.2) is 92.3 Å². The van der Waals surface area contributed by atoms with E-state index in [4.69, 9.17) is 23.7 Å². The number of nitrogens with zero attached hydrogens (tertiary/aromatic N) is 2. The smallest absolute Gasteiger partial charge is 0.344 e. The van der Waals surface area contributed by atoms with Crippen LogP contribution in [0, 0.1) is 0 Å². The molecule has 58 heavy (non-hydrogen) atoms. The maximum absolute atomic E-state index is 13.8. The number of rotatable bonds is 18. The summed E-state index contributed by atoms with van der Waals surface area (Å²) in [7, 11) is 0. The van der Waals surface area contributed by atoms with Crippen molar-refractivity contribution in [2.75, 3.05) is 56.3 Å². The van der Waals surface area contributed by atoms with Gasteiger partial charge in [-0.25, -0.2) is 9.59 Å². The van der Waals surface area contributed by atoms with Gasteiger partial charge in [-0.1, -0.05) is 30.3 Å². The van der Waals surface area contributed by atoms with Crippen LogP contribution in [0.2, 0.25) is 0 Å². The standard InChI is InChI=1S/C44H49N3O11/c1-7-54-37(48)25-46(26-38(49)55-8-2)35-20-15-28(23-36(35)57-27-39(50)56-9-3)21-22-45-34-19-18-33-40-31(34)11-10-12-32(40)41(51)47(42(33)52)24-29-13-16-30(17-14-29)43(53)58-44(4,5)6/h10-20,23,45H,7-9,21-22,24-27H2,1-6H3. The van der Waals surface area contributed by atoms with E-state index in [2.05, 4.69) is 5.32 Å². The number of ether oxygens (including phenoxy) is 5. The third-order valence-electron chi connectivity index (χ3n) is 8.92. The van der Waals surface area contributed by atoms with Crippen LogP contribution in [0.3, 0.4) is 0 Å². The van der Waals surface area contributed by atoms with E-state index in [1.165, 1.54) is 9.80 Å². The molecule has 4 aromatic rings. The van der Waals surface area contributed by atoms with Crippen LogP contribution in [0.1, 0.15) is 83.7 Å². The lowest BCUT2D eigenvalue weighted by atomic mass is 9.92. The van der Waals surface area contributed by atoms with Crippen molar-refractivity contribution in [3.05, 3.63) is 101 Å². The van der Waals surface area contributed by atoms with Gasteiger partial charge in [0.25, 0.3) is 11.8 Å². The highest BCUT2D eigenvalue weighted by atomic mass is 16.6. The quantitative estimate of drug-likeness (QED) is 0.0696. The van der Waals surface area contributed by atoms with E-state index in [1.807, 2.05) is 18.2 Å². The fourth-order valence-corrected chi connectivity index (χ4v) is 6.43. The number of esters is 4. The lowest BCUT2D eigenvalue weighted by Gasteiger charge is -2.28. The molecule has 0 unspecified atom stereocenters. The first-order chi connectivity index (χ1) is 27.7. The summed E-state index contributed by atoms with van der Waals surface area (Å²) in [5.41, 5.74) is 3.11. The second-order valence-corrected chi connectivity index (χ2v) is 14.3. The molecule has 0 aromatic heterocycles. The van der Waals surface area contributed by atoms with Crippen molar-refractivity contribution < 1.29 is 52.5 Å². The Morgan fingerprint density at radius 2 is 1.33 bits per heavy atom. The highest BCUT2D eigenvalue weighted by Crippen LogP contribution is 2.35. The molecule has 306 valence electrons. The number of carbonyl (C=O) groups is 6. The molecule has 0 atom stereocenters. The Labute approximate surface area is 337 Å². The van der Waals surface area contributed by atoms with Gasteiger partial charge in [0, 0.05) is 34.1 Å². The van der Waals surface area contributed by atoms with Gasteiger partial charge in [-0.2, -0.15) is 0 Å². The van der Waals surface area contributed by atoms with E-state index < -0.39 is 47.9 Å². The van der Waals surface area contributed by atoms with Crippen LogP contribution in [0.4, 0.5) is 11.4 Å². The molecule has 0 fully saturated rings. The molecular formula is C44H49N3O11. The number of hydrogen-bond donors (Lipinski definition) is 1. The minimum absolute atomic E-state index is 0.0236. The van der Waals surface area contributed by atoms with Crippen molar-refractivity contribution in [2.24, 2.45) is 0 Å². The van der Waals surface area contributed by atoms with Gasteiger partial charge in [-0.05, 0) is 102 Å². The summed E-state index contributed by atoms with van der Waals surface area (Å²) in [5.74, 6) is -2.75. The topological polar surface area (TPSA) is 167 Å². The maximum Gasteiger partial charge on any atom is 0.344 e. The fraction of sp³-hybridized carbons (Fsp3) is 0.364. The molecule has 1 N–H and O–H groups in total. The van der Waals surface area contributed by atoms with E-state index in [-0.39, 0.29) is 45.2 Å². The SMILES string of the molecule is CCOC(=O)COc1cc(CCNc2ccc3c4c(cccc24)C(=O)N(Cc2ccc(C(=O)OC(C)(C)C)cc2)C3=O)ccc1N(CC(=O)OCC)CC(=O)OCC. The molecule has 1 aliphatic heterocycles. The normalized spacial score (nSPS) is 12.2. The summed E-state index contributed by atoms with van der Waals surface area (Å²) in [6.45, 7) is 10.4. The minimum Gasteiger partial charge on any atom is -0.480 e. The molecule has 0 saturated carbocycles. The Kier molecular flexibility index (Phi) is 14.1. The predicted molar refractivity (Wildman–Crippen MR) is 216 cm³/mol. The molecule has 0 radical (unpaired) electrons. The monoisotopic (exact) mass is 795 g/mol. The first kappa shape index (κ1) is 42.7. The van der Waals surface area contributed by atoms with Crippen LogP contribution in [0.5, 0.6) is 5.75 Å². The van der Waals surface area contributed by atoms with Gasteiger partial charge in [-0.3, -0.25) is 24.1 Å². The van der Waals surface area contributed by atoms with Crippen molar-refractivity contribution in [1.29, 1.82) is 0 Å². The molecule has 2 amide bonds. The summed E-state index contributed by atoms with van der Waals surface area (Å²) in [4.78, 5) is 80.1. The second kappa shape index (κ2) is 19.1. The zero-order valence-corrected chi connectivity index (χ0v) is 33.7. The number of hydrogen-bond acceptors (Lipinski definition) is 13. The van der Waals surface area contributed by atoms with Gasteiger partial charge >= 0.3 is 23.9 Å². The Morgan fingerprint density at radius 3 is 1.95 bits per heavy atom. The summed E-state index contributed by atoms with van der Waals surface area (Å²) >= 11 is 0. The maximum atomic E-state index is 13.8. The molecule has 0 saturated heterocycles. The molecule has 5 rings (SSSR count). The van der Waals surface area contributed by atoms with Crippen molar-refractivity contribution in [1.82, 2.24) is 4.90 Å². The van der Waals surface area contributed by atoms with Gasteiger partial charge in [0.1, 0.15) is 24.4 Å². The zero-order chi connectivity index (χ0) is 42.0. The second-order valence-electron chi connectivity index (χ2n) is 14.3. The Hall–Kier alpha value is -6.44. The highest BCUT2D eigenvalue weighted by Gasteiger charge is 2.33. The fourth-order valence-electron chi connectivity index (χ4n) is 6.43. The lowest BCUT2D eigenvalue weighted by molar-refractivity contribution is -0.146. The van der Waals surface area contributed by atoms with Crippen LogP contribution in [0.25, 0.3) is 10.8 Å². The van der Waals surface area contributed by atoms with Crippen molar-refractivity contribution >= 4 is 57.8 Å². The number of carbonyl (C=O) groups excluding carboxylic acids is 6. The number of nitrogens with one attached hydrogen (secondary N) is 1. The van der Waals surface area contributed by atoms with Crippen molar-refractivity contribution in [3.8, 4) is 5.75 Å².